The minimum atomic E-state index is -0.352. The van der Waals surface area contributed by atoms with Crippen molar-refractivity contribution in [1.82, 2.24) is 9.38 Å². The van der Waals surface area contributed by atoms with E-state index in [2.05, 4.69) is 10.3 Å². The Hall–Kier alpha value is -2.40. The number of aromatic nitrogens is 2. The zero-order valence-corrected chi connectivity index (χ0v) is 11.6. The van der Waals surface area contributed by atoms with Crippen LogP contribution in [0.3, 0.4) is 0 Å². The van der Waals surface area contributed by atoms with Crippen LogP contribution in [0.4, 0.5) is 10.1 Å². The number of rotatable bonds is 3. The molecule has 0 aliphatic heterocycles. The third kappa shape index (κ3) is 3.20. The van der Waals surface area contributed by atoms with Gasteiger partial charge in [-0.05, 0) is 30.3 Å². The topological polar surface area (TPSA) is 46.4 Å². The van der Waals surface area contributed by atoms with E-state index in [1.54, 1.807) is 40.9 Å². The first kappa shape index (κ1) is 13.6. The Bertz CT molecular complexity index is 816. The SMILES string of the molecule is O=C(Cc1cn2cc(F)ccc2n1)Nc1cccc(Cl)c1. The molecule has 21 heavy (non-hydrogen) atoms. The van der Waals surface area contributed by atoms with Crippen molar-refractivity contribution in [3.05, 3.63) is 65.3 Å². The third-order valence-corrected chi connectivity index (χ3v) is 3.15. The highest BCUT2D eigenvalue weighted by atomic mass is 35.5. The van der Waals surface area contributed by atoms with Crippen LogP contribution < -0.4 is 5.32 Å². The van der Waals surface area contributed by atoms with Gasteiger partial charge < -0.3 is 9.72 Å². The van der Waals surface area contributed by atoms with Gasteiger partial charge >= 0.3 is 0 Å². The Morgan fingerprint density at radius 2 is 2.14 bits per heavy atom. The van der Waals surface area contributed by atoms with Crippen LogP contribution in [0.2, 0.25) is 5.02 Å². The highest BCUT2D eigenvalue weighted by Gasteiger charge is 2.08. The molecule has 0 aliphatic carbocycles. The van der Waals surface area contributed by atoms with E-state index in [-0.39, 0.29) is 18.1 Å². The predicted octanol–water partition coefficient (Wildman–Crippen LogP) is 3.31. The number of anilines is 1. The minimum Gasteiger partial charge on any atom is -0.326 e. The van der Waals surface area contributed by atoms with Gasteiger partial charge in [0.15, 0.2) is 0 Å². The Labute approximate surface area is 125 Å². The van der Waals surface area contributed by atoms with Gasteiger partial charge in [0.1, 0.15) is 11.5 Å². The van der Waals surface area contributed by atoms with E-state index < -0.39 is 0 Å². The number of carbonyl (C=O) groups excluding carboxylic acids is 1. The van der Waals surface area contributed by atoms with Crippen LogP contribution in [0.1, 0.15) is 5.69 Å². The number of nitrogens with one attached hydrogen (secondary N) is 1. The van der Waals surface area contributed by atoms with Crippen LogP contribution in [-0.2, 0) is 11.2 Å². The second-order valence-electron chi connectivity index (χ2n) is 4.58. The summed E-state index contributed by atoms with van der Waals surface area (Å²) in [4.78, 5) is 16.2. The van der Waals surface area contributed by atoms with E-state index in [1.807, 2.05) is 0 Å². The fourth-order valence-electron chi connectivity index (χ4n) is 2.04. The summed E-state index contributed by atoms with van der Waals surface area (Å²) < 4.78 is 14.6. The van der Waals surface area contributed by atoms with Gasteiger partial charge in [0.05, 0.1) is 12.1 Å². The number of hydrogen-bond acceptors (Lipinski definition) is 2. The van der Waals surface area contributed by atoms with E-state index >= 15 is 0 Å². The van der Waals surface area contributed by atoms with Crippen molar-refractivity contribution in [3.63, 3.8) is 0 Å². The Kier molecular flexibility index (Phi) is 3.58. The third-order valence-electron chi connectivity index (χ3n) is 2.91. The Morgan fingerprint density at radius 1 is 1.29 bits per heavy atom. The molecule has 0 unspecified atom stereocenters. The molecule has 106 valence electrons. The van der Waals surface area contributed by atoms with Crippen molar-refractivity contribution >= 4 is 28.8 Å². The molecule has 0 fully saturated rings. The van der Waals surface area contributed by atoms with Crippen molar-refractivity contribution in [2.24, 2.45) is 0 Å². The molecule has 1 amide bonds. The molecule has 2 aromatic heterocycles. The number of amides is 1. The van der Waals surface area contributed by atoms with E-state index in [4.69, 9.17) is 11.6 Å². The van der Waals surface area contributed by atoms with Crippen molar-refractivity contribution in [3.8, 4) is 0 Å². The predicted molar refractivity (Wildman–Crippen MR) is 78.9 cm³/mol. The molecule has 3 rings (SSSR count). The number of hydrogen-bond donors (Lipinski definition) is 1. The summed E-state index contributed by atoms with van der Waals surface area (Å²) in [6.45, 7) is 0. The Morgan fingerprint density at radius 3 is 2.95 bits per heavy atom. The molecule has 0 spiro atoms. The minimum absolute atomic E-state index is 0.107. The first-order valence-corrected chi connectivity index (χ1v) is 6.66. The van der Waals surface area contributed by atoms with E-state index in [0.717, 1.165) is 0 Å². The fourth-order valence-corrected chi connectivity index (χ4v) is 2.23. The molecule has 1 N–H and O–H groups in total. The van der Waals surface area contributed by atoms with Gasteiger partial charge in [-0.2, -0.15) is 0 Å². The summed E-state index contributed by atoms with van der Waals surface area (Å²) in [5, 5.41) is 3.29. The molecule has 0 saturated carbocycles. The Balaban J connectivity index is 1.74. The lowest BCUT2D eigenvalue weighted by Crippen LogP contribution is -2.14. The first-order valence-electron chi connectivity index (χ1n) is 6.29. The maximum absolute atomic E-state index is 13.1. The first-order chi connectivity index (χ1) is 10.1. The van der Waals surface area contributed by atoms with E-state index in [0.29, 0.717) is 22.1 Å². The molecular formula is C15H11ClFN3O. The zero-order valence-electron chi connectivity index (χ0n) is 10.9. The van der Waals surface area contributed by atoms with Gasteiger partial charge in [-0.25, -0.2) is 9.37 Å². The molecule has 0 aliphatic rings. The standard InChI is InChI=1S/C15H11ClFN3O/c16-10-2-1-3-12(6-10)19-15(21)7-13-9-20-8-11(17)4-5-14(20)18-13/h1-6,8-9H,7H2,(H,19,21). The molecule has 3 aromatic rings. The number of fused-ring (bicyclic) bond motifs is 1. The van der Waals surface area contributed by atoms with Gasteiger partial charge in [-0.1, -0.05) is 17.7 Å². The lowest BCUT2D eigenvalue weighted by atomic mass is 10.3. The lowest BCUT2D eigenvalue weighted by molar-refractivity contribution is -0.115. The second kappa shape index (κ2) is 5.54. The highest BCUT2D eigenvalue weighted by Crippen LogP contribution is 2.15. The number of imidazole rings is 1. The fraction of sp³-hybridized carbons (Fsp3) is 0.0667. The van der Waals surface area contributed by atoms with Gasteiger partial charge in [0.25, 0.3) is 0 Å². The highest BCUT2D eigenvalue weighted by molar-refractivity contribution is 6.30. The molecule has 0 saturated heterocycles. The average molecular weight is 304 g/mol. The summed E-state index contributed by atoms with van der Waals surface area (Å²) in [7, 11) is 0. The van der Waals surface area contributed by atoms with Gasteiger partial charge in [0, 0.05) is 23.1 Å². The summed E-state index contributed by atoms with van der Waals surface area (Å²) in [6.07, 6.45) is 3.06. The van der Waals surface area contributed by atoms with Crippen molar-refractivity contribution in [2.75, 3.05) is 5.32 Å². The van der Waals surface area contributed by atoms with Gasteiger partial charge in [-0.15, -0.1) is 0 Å². The van der Waals surface area contributed by atoms with Crippen LogP contribution in [0, 0.1) is 5.82 Å². The number of carbonyl (C=O) groups is 1. The molecule has 2 heterocycles. The second-order valence-corrected chi connectivity index (χ2v) is 5.02. The summed E-state index contributed by atoms with van der Waals surface area (Å²) in [5.74, 6) is -0.559. The quantitative estimate of drug-likeness (QED) is 0.807. The molecule has 0 bridgehead atoms. The largest absolute Gasteiger partial charge is 0.326 e. The van der Waals surface area contributed by atoms with Crippen LogP contribution in [0.15, 0.2) is 48.8 Å². The number of pyridine rings is 1. The molecule has 1 aromatic carbocycles. The van der Waals surface area contributed by atoms with E-state index in [1.165, 1.54) is 12.3 Å². The number of benzene rings is 1. The molecule has 4 nitrogen and oxygen atoms in total. The van der Waals surface area contributed by atoms with Crippen molar-refractivity contribution in [1.29, 1.82) is 0 Å². The normalized spacial score (nSPS) is 10.8. The zero-order chi connectivity index (χ0) is 14.8. The van der Waals surface area contributed by atoms with Crippen molar-refractivity contribution < 1.29 is 9.18 Å². The molecule has 0 radical (unpaired) electrons. The van der Waals surface area contributed by atoms with Crippen LogP contribution in [-0.4, -0.2) is 15.3 Å². The maximum Gasteiger partial charge on any atom is 0.230 e. The molecular weight excluding hydrogens is 293 g/mol. The van der Waals surface area contributed by atoms with Crippen molar-refractivity contribution in [2.45, 2.75) is 6.42 Å². The maximum atomic E-state index is 13.1. The average Bonchev–Trinajstić information content (AvgIpc) is 2.79. The van der Waals surface area contributed by atoms with Gasteiger partial charge in [-0.3, -0.25) is 4.79 Å². The van der Waals surface area contributed by atoms with Crippen LogP contribution >= 0.6 is 11.6 Å². The number of halogens is 2. The van der Waals surface area contributed by atoms with Crippen LogP contribution in [0.5, 0.6) is 0 Å². The van der Waals surface area contributed by atoms with E-state index in [9.17, 15) is 9.18 Å². The summed E-state index contributed by atoms with van der Waals surface area (Å²) in [6, 6.07) is 9.80. The smallest absolute Gasteiger partial charge is 0.230 e. The summed E-state index contributed by atoms with van der Waals surface area (Å²) in [5.41, 5.74) is 1.80. The summed E-state index contributed by atoms with van der Waals surface area (Å²) >= 11 is 5.85. The number of nitrogens with zero attached hydrogens (tertiary/aromatic N) is 2. The lowest BCUT2D eigenvalue weighted by Gasteiger charge is -2.03. The monoisotopic (exact) mass is 303 g/mol. The van der Waals surface area contributed by atoms with Gasteiger partial charge in [0.2, 0.25) is 5.91 Å². The molecule has 0 atom stereocenters. The molecule has 6 heteroatoms. The van der Waals surface area contributed by atoms with Crippen LogP contribution in [0.25, 0.3) is 5.65 Å².